The maximum atomic E-state index is 12.6. The molecule has 0 spiro atoms. The van der Waals surface area contributed by atoms with Crippen LogP contribution >= 0.6 is 0 Å². The molecular weight excluding hydrogens is 396 g/mol. The summed E-state index contributed by atoms with van der Waals surface area (Å²) in [7, 11) is 1.66. The van der Waals surface area contributed by atoms with Crippen LogP contribution in [-0.4, -0.2) is 23.7 Å². The Balaban J connectivity index is 1.51. The van der Waals surface area contributed by atoms with E-state index in [0.717, 1.165) is 22.6 Å². The number of rotatable bonds is 3. The van der Waals surface area contributed by atoms with Gasteiger partial charge in [-0.3, -0.25) is 4.79 Å². The van der Waals surface area contributed by atoms with Gasteiger partial charge in [-0.2, -0.15) is 5.10 Å². The third kappa shape index (κ3) is 2.76. The van der Waals surface area contributed by atoms with Crippen molar-refractivity contribution in [2.75, 3.05) is 7.11 Å². The Morgan fingerprint density at radius 1 is 0.875 bits per heavy atom. The summed E-state index contributed by atoms with van der Waals surface area (Å²) < 4.78 is 5.28. The molecule has 1 heterocycles. The molecule has 0 fully saturated rings. The number of amides is 1. The number of benzene rings is 5. The summed E-state index contributed by atoms with van der Waals surface area (Å²) in [5.74, 6) is 0.753. The molecule has 4 nitrogen and oxygen atoms in total. The summed E-state index contributed by atoms with van der Waals surface area (Å²) in [6.45, 7) is 1.59. The molecule has 1 unspecified atom stereocenters. The number of carbonyl (C=O) groups excluding carboxylic acids is 1. The maximum absolute atomic E-state index is 12.6. The van der Waals surface area contributed by atoms with Crippen molar-refractivity contribution in [3.8, 4) is 5.75 Å². The van der Waals surface area contributed by atoms with E-state index in [1.807, 2.05) is 24.3 Å². The summed E-state index contributed by atoms with van der Waals surface area (Å²) >= 11 is 0. The molecule has 5 aromatic rings. The molecule has 0 radical (unpaired) electrons. The smallest absolute Gasteiger partial charge is 0.240 e. The van der Waals surface area contributed by atoms with E-state index in [2.05, 4.69) is 54.6 Å². The minimum absolute atomic E-state index is 0.0517. The van der Waals surface area contributed by atoms with E-state index in [4.69, 9.17) is 9.84 Å². The van der Waals surface area contributed by atoms with Gasteiger partial charge in [-0.05, 0) is 67.7 Å². The Morgan fingerprint density at radius 3 is 2.22 bits per heavy atom. The van der Waals surface area contributed by atoms with Crippen LogP contribution in [0.25, 0.3) is 32.3 Å². The first-order valence-electron chi connectivity index (χ1n) is 10.8. The van der Waals surface area contributed by atoms with E-state index in [1.165, 1.54) is 32.3 Å². The first-order valence-corrected chi connectivity index (χ1v) is 10.8. The van der Waals surface area contributed by atoms with Gasteiger partial charge in [0.1, 0.15) is 5.75 Å². The van der Waals surface area contributed by atoms with Gasteiger partial charge in [0.05, 0.1) is 18.9 Å². The second kappa shape index (κ2) is 7.06. The van der Waals surface area contributed by atoms with Crippen LogP contribution in [-0.2, 0) is 4.79 Å². The van der Waals surface area contributed by atoms with Crippen LogP contribution in [0.1, 0.15) is 30.5 Å². The Hall–Kier alpha value is -3.92. The highest BCUT2D eigenvalue weighted by atomic mass is 16.5. The molecule has 1 amide bonds. The zero-order chi connectivity index (χ0) is 21.8. The van der Waals surface area contributed by atoms with Crippen LogP contribution in [0.2, 0.25) is 0 Å². The van der Waals surface area contributed by atoms with Crippen molar-refractivity contribution in [2.24, 2.45) is 5.10 Å². The molecular formula is C28H22N2O2. The zero-order valence-corrected chi connectivity index (χ0v) is 18.0. The third-order valence-corrected chi connectivity index (χ3v) is 6.58. The summed E-state index contributed by atoms with van der Waals surface area (Å²) in [4.78, 5) is 12.6. The minimum Gasteiger partial charge on any atom is -0.497 e. The van der Waals surface area contributed by atoms with E-state index in [-0.39, 0.29) is 11.9 Å². The molecule has 156 valence electrons. The maximum Gasteiger partial charge on any atom is 0.240 e. The van der Waals surface area contributed by atoms with Gasteiger partial charge in [-0.25, -0.2) is 5.01 Å². The number of hydrogen-bond acceptors (Lipinski definition) is 3. The van der Waals surface area contributed by atoms with Gasteiger partial charge in [0.15, 0.2) is 0 Å². The van der Waals surface area contributed by atoms with Gasteiger partial charge in [-0.1, -0.05) is 54.6 Å². The van der Waals surface area contributed by atoms with Gasteiger partial charge >= 0.3 is 0 Å². The van der Waals surface area contributed by atoms with Crippen molar-refractivity contribution >= 4 is 43.9 Å². The van der Waals surface area contributed by atoms with Gasteiger partial charge in [0.2, 0.25) is 5.91 Å². The highest BCUT2D eigenvalue weighted by molar-refractivity contribution is 6.23. The second-order valence-corrected chi connectivity index (χ2v) is 8.37. The lowest BCUT2D eigenvalue weighted by atomic mass is 9.88. The normalized spacial score (nSPS) is 16.2. The molecule has 1 aliphatic rings. The van der Waals surface area contributed by atoms with Crippen molar-refractivity contribution in [2.45, 2.75) is 19.4 Å². The number of hydrogen-bond donors (Lipinski definition) is 0. The van der Waals surface area contributed by atoms with Crippen LogP contribution in [0.4, 0.5) is 0 Å². The molecule has 0 aromatic heterocycles. The third-order valence-electron chi connectivity index (χ3n) is 6.58. The lowest BCUT2D eigenvalue weighted by Crippen LogP contribution is -2.24. The summed E-state index contributed by atoms with van der Waals surface area (Å²) in [5.41, 5.74) is 3.06. The number of ether oxygens (including phenoxy) is 1. The quantitative estimate of drug-likeness (QED) is 0.323. The monoisotopic (exact) mass is 418 g/mol. The Labute approximate surface area is 186 Å². The molecule has 0 aliphatic carbocycles. The van der Waals surface area contributed by atoms with E-state index in [0.29, 0.717) is 6.42 Å². The number of methoxy groups -OCH3 is 1. The Bertz CT molecular complexity index is 1500. The van der Waals surface area contributed by atoms with Gasteiger partial charge in [-0.15, -0.1) is 0 Å². The molecule has 0 bridgehead atoms. The van der Waals surface area contributed by atoms with E-state index in [1.54, 1.807) is 19.0 Å². The SMILES string of the molecule is COc1ccc(C2=NN(C(C)=O)C(c3ccc4ccc5cccc6ccc3c4c56)C2)cc1. The first kappa shape index (κ1) is 18.8. The van der Waals surface area contributed by atoms with Crippen molar-refractivity contribution in [3.63, 3.8) is 0 Å². The molecule has 0 saturated carbocycles. The molecule has 6 rings (SSSR count). The van der Waals surface area contributed by atoms with Crippen molar-refractivity contribution in [1.82, 2.24) is 5.01 Å². The molecule has 1 atom stereocenters. The van der Waals surface area contributed by atoms with Gasteiger partial charge in [0, 0.05) is 13.3 Å². The van der Waals surface area contributed by atoms with Crippen LogP contribution < -0.4 is 4.74 Å². The molecule has 4 heteroatoms. The fraction of sp³-hybridized carbons (Fsp3) is 0.143. The molecule has 1 aliphatic heterocycles. The summed E-state index contributed by atoms with van der Waals surface area (Å²) in [6.07, 6.45) is 0.676. The first-order chi connectivity index (χ1) is 15.6. The molecule has 5 aromatic carbocycles. The van der Waals surface area contributed by atoms with Crippen LogP contribution in [0.15, 0.2) is 84.0 Å². The van der Waals surface area contributed by atoms with Crippen molar-refractivity contribution in [1.29, 1.82) is 0 Å². The van der Waals surface area contributed by atoms with Gasteiger partial charge < -0.3 is 4.74 Å². The van der Waals surface area contributed by atoms with Crippen molar-refractivity contribution in [3.05, 3.63) is 90.0 Å². The second-order valence-electron chi connectivity index (χ2n) is 8.37. The number of hydrazone groups is 1. The fourth-order valence-electron chi connectivity index (χ4n) is 5.05. The topological polar surface area (TPSA) is 41.9 Å². The van der Waals surface area contributed by atoms with E-state index >= 15 is 0 Å². The van der Waals surface area contributed by atoms with Crippen LogP contribution in [0.5, 0.6) is 5.75 Å². The lowest BCUT2D eigenvalue weighted by molar-refractivity contribution is -0.130. The van der Waals surface area contributed by atoms with E-state index in [9.17, 15) is 4.79 Å². The van der Waals surface area contributed by atoms with Crippen LogP contribution in [0.3, 0.4) is 0 Å². The van der Waals surface area contributed by atoms with Crippen molar-refractivity contribution < 1.29 is 9.53 Å². The number of carbonyl (C=O) groups is 1. The average Bonchev–Trinajstić information content (AvgIpc) is 3.28. The molecule has 32 heavy (non-hydrogen) atoms. The molecule has 0 N–H and O–H groups in total. The zero-order valence-electron chi connectivity index (χ0n) is 18.0. The lowest BCUT2D eigenvalue weighted by Gasteiger charge is -2.23. The minimum atomic E-state index is -0.130. The van der Waals surface area contributed by atoms with Gasteiger partial charge in [0.25, 0.3) is 0 Å². The fourth-order valence-corrected chi connectivity index (χ4v) is 5.05. The molecule has 0 saturated heterocycles. The Kier molecular flexibility index (Phi) is 4.15. The standard InChI is InChI=1S/C28H22N2O2/c1-17(31)30-26(16-25(29-30)18-8-12-22(32-2)13-9-18)23-14-10-21-7-6-19-4-3-5-20-11-15-24(23)28(21)27(19)20/h3-15,26H,16H2,1-2H3. The van der Waals surface area contributed by atoms with Crippen LogP contribution in [0, 0.1) is 0 Å². The average molecular weight is 418 g/mol. The van der Waals surface area contributed by atoms with E-state index < -0.39 is 0 Å². The predicted octanol–water partition coefficient (Wildman–Crippen LogP) is 6.29. The summed E-state index contributed by atoms with van der Waals surface area (Å²) in [5, 5.41) is 13.8. The number of nitrogens with zero attached hydrogens (tertiary/aromatic N) is 2. The largest absolute Gasteiger partial charge is 0.497 e. The summed E-state index contributed by atoms with van der Waals surface area (Å²) in [6, 6.07) is 27.3. The highest BCUT2D eigenvalue weighted by Gasteiger charge is 2.32. The highest BCUT2D eigenvalue weighted by Crippen LogP contribution is 2.41. The predicted molar refractivity (Wildman–Crippen MR) is 130 cm³/mol. The Morgan fingerprint density at radius 2 is 1.53 bits per heavy atom.